The molecule has 7 heteroatoms. The molecule has 0 radical (unpaired) electrons. The molecule has 0 N–H and O–H groups in total. The van der Waals surface area contributed by atoms with Crippen LogP contribution in [0.15, 0.2) is 53.9 Å². The van der Waals surface area contributed by atoms with E-state index in [1.807, 2.05) is 58.8 Å². The third-order valence-corrected chi connectivity index (χ3v) is 5.93. The van der Waals surface area contributed by atoms with Crippen LogP contribution in [0.4, 0.5) is 5.69 Å². The van der Waals surface area contributed by atoms with Crippen LogP contribution in [-0.2, 0) is 0 Å². The highest BCUT2D eigenvalue weighted by atomic mass is 35.5. The van der Waals surface area contributed by atoms with Gasteiger partial charge in [-0.3, -0.25) is 4.79 Å². The molecule has 0 bridgehead atoms. The van der Waals surface area contributed by atoms with Crippen molar-refractivity contribution in [3.63, 3.8) is 0 Å². The van der Waals surface area contributed by atoms with Gasteiger partial charge in [0.1, 0.15) is 16.5 Å². The summed E-state index contributed by atoms with van der Waals surface area (Å²) < 4.78 is 5.19. The Labute approximate surface area is 173 Å². The predicted octanol–water partition coefficient (Wildman–Crippen LogP) is 4.43. The highest BCUT2D eigenvalue weighted by molar-refractivity contribution is 7.13. The zero-order valence-electron chi connectivity index (χ0n) is 15.5. The van der Waals surface area contributed by atoms with Crippen molar-refractivity contribution >= 4 is 34.5 Å². The fourth-order valence-electron chi connectivity index (χ4n) is 3.24. The lowest BCUT2D eigenvalue weighted by Crippen LogP contribution is -2.48. The summed E-state index contributed by atoms with van der Waals surface area (Å²) in [6.45, 7) is 2.89. The number of hydrogen-bond donors (Lipinski definition) is 0. The smallest absolute Gasteiger partial charge is 0.273 e. The van der Waals surface area contributed by atoms with E-state index in [-0.39, 0.29) is 5.91 Å². The maximum atomic E-state index is 12.9. The Morgan fingerprint density at radius 3 is 2.54 bits per heavy atom. The zero-order chi connectivity index (χ0) is 19.5. The van der Waals surface area contributed by atoms with E-state index in [0.29, 0.717) is 18.8 Å². The normalized spacial score (nSPS) is 14.2. The van der Waals surface area contributed by atoms with E-state index in [1.165, 1.54) is 11.3 Å². The molecule has 1 saturated heterocycles. The number of thiazole rings is 1. The number of anilines is 1. The van der Waals surface area contributed by atoms with Gasteiger partial charge in [-0.15, -0.1) is 11.3 Å². The number of rotatable bonds is 4. The fraction of sp³-hybridized carbons (Fsp3) is 0.238. The summed E-state index contributed by atoms with van der Waals surface area (Å²) in [5, 5.41) is 3.40. The summed E-state index contributed by atoms with van der Waals surface area (Å²) in [6.07, 6.45) is 0. The number of methoxy groups -OCH3 is 1. The van der Waals surface area contributed by atoms with Gasteiger partial charge in [-0.25, -0.2) is 4.98 Å². The Balaban J connectivity index is 1.41. The molecule has 1 amide bonds. The molecule has 3 aromatic rings. The van der Waals surface area contributed by atoms with Crippen LogP contribution in [0, 0.1) is 0 Å². The number of benzene rings is 2. The number of amides is 1. The maximum Gasteiger partial charge on any atom is 0.273 e. The first-order valence-electron chi connectivity index (χ1n) is 9.04. The SMILES string of the molecule is COc1ccc(-c2nc(C(=O)N3CCN(c4cccc(Cl)c4)CC3)cs2)cc1. The molecule has 2 heterocycles. The molecule has 1 aromatic heterocycles. The molecule has 0 unspecified atom stereocenters. The number of ether oxygens (including phenoxy) is 1. The maximum absolute atomic E-state index is 12.9. The summed E-state index contributed by atoms with van der Waals surface area (Å²) in [4.78, 5) is 21.5. The molecule has 1 aliphatic heterocycles. The van der Waals surface area contributed by atoms with Gasteiger partial charge in [0.15, 0.2) is 0 Å². The number of carbonyl (C=O) groups is 1. The van der Waals surface area contributed by atoms with Gasteiger partial charge in [-0.2, -0.15) is 0 Å². The topological polar surface area (TPSA) is 45.7 Å². The molecular formula is C21H20ClN3O2S. The van der Waals surface area contributed by atoms with E-state index in [1.54, 1.807) is 7.11 Å². The average Bonchev–Trinajstić information content (AvgIpc) is 3.24. The zero-order valence-corrected chi connectivity index (χ0v) is 17.0. The lowest BCUT2D eigenvalue weighted by molar-refractivity contribution is 0.0742. The number of carbonyl (C=O) groups excluding carboxylic acids is 1. The Hall–Kier alpha value is -2.57. The molecule has 4 rings (SSSR count). The van der Waals surface area contributed by atoms with Gasteiger partial charge in [-0.05, 0) is 42.5 Å². The molecule has 2 aromatic carbocycles. The molecule has 0 saturated carbocycles. The quantitative estimate of drug-likeness (QED) is 0.634. The van der Waals surface area contributed by atoms with Crippen LogP contribution in [-0.4, -0.2) is 49.1 Å². The van der Waals surface area contributed by atoms with Crippen molar-refractivity contribution in [2.24, 2.45) is 0 Å². The Morgan fingerprint density at radius 2 is 1.86 bits per heavy atom. The van der Waals surface area contributed by atoms with Crippen LogP contribution < -0.4 is 9.64 Å². The van der Waals surface area contributed by atoms with Gasteiger partial charge in [0, 0.05) is 47.8 Å². The van der Waals surface area contributed by atoms with Crippen LogP contribution >= 0.6 is 22.9 Å². The molecule has 0 aliphatic carbocycles. The van der Waals surface area contributed by atoms with E-state index in [9.17, 15) is 4.79 Å². The van der Waals surface area contributed by atoms with Crippen LogP contribution in [0.2, 0.25) is 5.02 Å². The number of halogens is 1. The van der Waals surface area contributed by atoms with E-state index in [4.69, 9.17) is 16.3 Å². The molecule has 0 spiro atoms. The lowest BCUT2D eigenvalue weighted by atomic mass is 10.2. The van der Waals surface area contributed by atoms with Crippen molar-refractivity contribution in [1.29, 1.82) is 0 Å². The number of hydrogen-bond acceptors (Lipinski definition) is 5. The molecule has 5 nitrogen and oxygen atoms in total. The van der Waals surface area contributed by atoms with Crippen LogP contribution in [0.25, 0.3) is 10.6 Å². The van der Waals surface area contributed by atoms with Crippen LogP contribution in [0.3, 0.4) is 0 Å². The van der Waals surface area contributed by atoms with Crippen molar-refractivity contribution in [2.45, 2.75) is 0 Å². The van der Waals surface area contributed by atoms with E-state index in [2.05, 4.69) is 9.88 Å². The van der Waals surface area contributed by atoms with E-state index < -0.39 is 0 Å². The highest BCUT2D eigenvalue weighted by Gasteiger charge is 2.24. The lowest BCUT2D eigenvalue weighted by Gasteiger charge is -2.35. The average molecular weight is 414 g/mol. The summed E-state index contributed by atoms with van der Waals surface area (Å²) in [6, 6.07) is 15.5. The van der Waals surface area contributed by atoms with Gasteiger partial charge < -0.3 is 14.5 Å². The Bertz CT molecular complexity index is 966. The summed E-state index contributed by atoms with van der Waals surface area (Å²) in [5.74, 6) is 0.788. The number of aromatic nitrogens is 1. The van der Waals surface area contributed by atoms with Gasteiger partial charge in [0.05, 0.1) is 7.11 Å². The van der Waals surface area contributed by atoms with Crippen molar-refractivity contribution < 1.29 is 9.53 Å². The Morgan fingerprint density at radius 1 is 1.11 bits per heavy atom. The van der Waals surface area contributed by atoms with Gasteiger partial charge in [0.25, 0.3) is 5.91 Å². The van der Waals surface area contributed by atoms with Crippen LogP contribution in [0.5, 0.6) is 5.75 Å². The summed E-state index contributed by atoms with van der Waals surface area (Å²) >= 11 is 7.57. The summed E-state index contributed by atoms with van der Waals surface area (Å²) in [5.41, 5.74) is 2.58. The third-order valence-electron chi connectivity index (χ3n) is 4.80. The minimum atomic E-state index is -0.0123. The second-order valence-corrected chi connectivity index (χ2v) is 7.82. The van der Waals surface area contributed by atoms with Crippen molar-refractivity contribution in [1.82, 2.24) is 9.88 Å². The first-order chi connectivity index (χ1) is 13.6. The second kappa shape index (κ2) is 8.20. The minimum absolute atomic E-state index is 0.0123. The van der Waals surface area contributed by atoms with Gasteiger partial charge in [-0.1, -0.05) is 17.7 Å². The standard InChI is InChI=1S/C21H20ClN3O2S/c1-27-18-7-5-15(6-8-18)20-23-19(14-28-20)21(26)25-11-9-24(10-12-25)17-4-2-3-16(22)13-17/h2-8,13-14H,9-12H2,1H3. The van der Waals surface area contributed by atoms with Gasteiger partial charge in [0.2, 0.25) is 0 Å². The summed E-state index contributed by atoms with van der Waals surface area (Å²) in [7, 11) is 1.64. The molecule has 1 aliphatic rings. The molecule has 1 fully saturated rings. The van der Waals surface area contributed by atoms with Crippen molar-refractivity contribution in [3.8, 4) is 16.3 Å². The highest BCUT2D eigenvalue weighted by Crippen LogP contribution is 2.27. The van der Waals surface area contributed by atoms with Crippen LogP contribution in [0.1, 0.15) is 10.5 Å². The van der Waals surface area contributed by atoms with E-state index >= 15 is 0 Å². The monoisotopic (exact) mass is 413 g/mol. The number of piperazine rings is 1. The largest absolute Gasteiger partial charge is 0.497 e. The predicted molar refractivity (Wildman–Crippen MR) is 114 cm³/mol. The minimum Gasteiger partial charge on any atom is -0.497 e. The second-order valence-electron chi connectivity index (χ2n) is 6.53. The fourth-order valence-corrected chi connectivity index (χ4v) is 4.23. The van der Waals surface area contributed by atoms with E-state index in [0.717, 1.165) is 40.1 Å². The van der Waals surface area contributed by atoms with Crippen molar-refractivity contribution in [3.05, 3.63) is 64.6 Å². The van der Waals surface area contributed by atoms with Gasteiger partial charge >= 0.3 is 0 Å². The molecule has 28 heavy (non-hydrogen) atoms. The first-order valence-corrected chi connectivity index (χ1v) is 10.3. The third kappa shape index (κ3) is 3.98. The molecular weight excluding hydrogens is 394 g/mol. The molecule has 144 valence electrons. The molecule has 0 atom stereocenters. The van der Waals surface area contributed by atoms with Crippen molar-refractivity contribution in [2.75, 3.05) is 38.2 Å². The Kier molecular flexibility index (Phi) is 5.50. The first kappa shape index (κ1) is 18.8. The number of nitrogens with zero attached hydrogens (tertiary/aromatic N) is 3.